The zero-order chi connectivity index (χ0) is 12.5. The molecule has 1 amide bonds. The molecule has 0 aliphatic carbocycles. The van der Waals surface area contributed by atoms with Crippen molar-refractivity contribution in [3.63, 3.8) is 0 Å². The molecule has 88 valence electrons. The SMILES string of the molecule is NC(=O)c1c[nH]cc1-c1cccc2ccccc12. The second kappa shape index (κ2) is 4.04. The Morgan fingerprint density at radius 2 is 1.72 bits per heavy atom. The van der Waals surface area contributed by atoms with Gasteiger partial charge in [0, 0.05) is 18.0 Å². The van der Waals surface area contributed by atoms with Gasteiger partial charge in [-0.2, -0.15) is 0 Å². The van der Waals surface area contributed by atoms with Crippen LogP contribution in [-0.2, 0) is 0 Å². The molecule has 3 N–H and O–H groups in total. The van der Waals surface area contributed by atoms with Gasteiger partial charge in [-0.3, -0.25) is 4.79 Å². The number of H-pyrrole nitrogens is 1. The molecule has 0 atom stereocenters. The maximum Gasteiger partial charge on any atom is 0.250 e. The van der Waals surface area contributed by atoms with Crippen LogP contribution in [0.1, 0.15) is 10.4 Å². The number of carbonyl (C=O) groups is 1. The average molecular weight is 236 g/mol. The normalized spacial score (nSPS) is 10.7. The molecule has 0 saturated heterocycles. The van der Waals surface area contributed by atoms with E-state index in [0.29, 0.717) is 5.56 Å². The van der Waals surface area contributed by atoms with Gasteiger partial charge >= 0.3 is 0 Å². The predicted octanol–water partition coefficient (Wildman–Crippen LogP) is 2.93. The molecule has 0 saturated carbocycles. The lowest BCUT2D eigenvalue weighted by molar-refractivity contribution is 0.100. The van der Waals surface area contributed by atoms with Crippen molar-refractivity contribution in [1.29, 1.82) is 0 Å². The summed E-state index contributed by atoms with van der Waals surface area (Å²) >= 11 is 0. The Hall–Kier alpha value is -2.55. The number of hydrogen-bond donors (Lipinski definition) is 2. The van der Waals surface area contributed by atoms with Gasteiger partial charge in [-0.15, -0.1) is 0 Å². The van der Waals surface area contributed by atoms with E-state index in [0.717, 1.165) is 21.9 Å². The highest BCUT2D eigenvalue weighted by Gasteiger charge is 2.12. The first-order valence-electron chi connectivity index (χ1n) is 5.72. The quantitative estimate of drug-likeness (QED) is 0.706. The molecular weight excluding hydrogens is 224 g/mol. The fourth-order valence-electron chi connectivity index (χ4n) is 2.25. The van der Waals surface area contributed by atoms with Gasteiger partial charge in [-0.25, -0.2) is 0 Å². The Labute approximate surface area is 104 Å². The summed E-state index contributed by atoms with van der Waals surface area (Å²) in [6.07, 6.45) is 3.45. The van der Waals surface area contributed by atoms with E-state index in [4.69, 9.17) is 5.73 Å². The third-order valence-electron chi connectivity index (χ3n) is 3.09. The van der Waals surface area contributed by atoms with Gasteiger partial charge in [0.1, 0.15) is 0 Å². The number of amides is 1. The van der Waals surface area contributed by atoms with E-state index in [9.17, 15) is 4.79 Å². The Kier molecular flexibility index (Phi) is 2.38. The van der Waals surface area contributed by atoms with Crippen molar-refractivity contribution < 1.29 is 4.79 Å². The monoisotopic (exact) mass is 236 g/mol. The third kappa shape index (κ3) is 1.57. The summed E-state index contributed by atoms with van der Waals surface area (Å²) in [6, 6.07) is 14.1. The van der Waals surface area contributed by atoms with E-state index < -0.39 is 5.91 Å². The van der Waals surface area contributed by atoms with Gasteiger partial charge in [0.15, 0.2) is 0 Å². The van der Waals surface area contributed by atoms with E-state index in [-0.39, 0.29) is 0 Å². The molecule has 2 aromatic carbocycles. The molecule has 1 aromatic heterocycles. The highest BCUT2D eigenvalue weighted by atomic mass is 16.1. The van der Waals surface area contributed by atoms with Crippen molar-refractivity contribution in [1.82, 2.24) is 4.98 Å². The smallest absolute Gasteiger partial charge is 0.250 e. The van der Waals surface area contributed by atoms with Gasteiger partial charge in [0.05, 0.1) is 5.56 Å². The molecule has 0 unspecified atom stereocenters. The van der Waals surface area contributed by atoms with Crippen molar-refractivity contribution in [2.24, 2.45) is 5.73 Å². The highest BCUT2D eigenvalue weighted by Crippen LogP contribution is 2.30. The van der Waals surface area contributed by atoms with Crippen LogP contribution in [0.25, 0.3) is 21.9 Å². The lowest BCUT2D eigenvalue weighted by Gasteiger charge is -2.06. The van der Waals surface area contributed by atoms with Crippen LogP contribution in [0.5, 0.6) is 0 Å². The summed E-state index contributed by atoms with van der Waals surface area (Å²) in [7, 11) is 0. The summed E-state index contributed by atoms with van der Waals surface area (Å²) in [5, 5.41) is 2.26. The molecule has 3 heteroatoms. The summed E-state index contributed by atoms with van der Waals surface area (Å²) in [5.74, 6) is -0.417. The largest absolute Gasteiger partial charge is 0.366 e. The number of primary amides is 1. The van der Waals surface area contributed by atoms with Crippen molar-refractivity contribution in [3.05, 3.63) is 60.4 Å². The van der Waals surface area contributed by atoms with Crippen molar-refractivity contribution in [3.8, 4) is 11.1 Å². The molecule has 0 bridgehead atoms. The van der Waals surface area contributed by atoms with E-state index in [1.165, 1.54) is 0 Å². The number of rotatable bonds is 2. The molecule has 0 spiro atoms. The van der Waals surface area contributed by atoms with Crippen LogP contribution < -0.4 is 5.73 Å². The van der Waals surface area contributed by atoms with Gasteiger partial charge < -0.3 is 10.7 Å². The Bertz CT molecular complexity index is 723. The summed E-state index contributed by atoms with van der Waals surface area (Å²) in [5.41, 5.74) is 7.76. The zero-order valence-corrected chi connectivity index (χ0v) is 9.68. The Morgan fingerprint density at radius 1 is 0.944 bits per heavy atom. The van der Waals surface area contributed by atoms with Crippen LogP contribution >= 0.6 is 0 Å². The summed E-state index contributed by atoms with van der Waals surface area (Å²) < 4.78 is 0. The lowest BCUT2D eigenvalue weighted by Crippen LogP contribution is -2.10. The molecule has 3 aromatic rings. The third-order valence-corrected chi connectivity index (χ3v) is 3.09. The molecule has 18 heavy (non-hydrogen) atoms. The minimum absolute atomic E-state index is 0.417. The zero-order valence-electron chi connectivity index (χ0n) is 9.68. The van der Waals surface area contributed by atoms with E-state index in [1.807, 2.05) is 36.5 Å². The lowest BCUT2D eigenvalue weighted by atomic mass is 9.97. The minimum atomic E-state index is -0.417. The van der Waals surface area contributed by atoms with E-state index in [2.05, 4.69) is 17.1 Å². The second-order valence-corrected chi connectivity index (χ2v) is 4.17. The number of carbonyl (C=O) groups excluding carboxylic acids is 1. The van der Waals surface area contributed by atoms with Gasteiger partial charge in [-0.1, -0.05) is 42.5 Å². The first-order valence-corrected chi connectivity index (χ1v) is 5.72. The fourth-order valence-corrected chi connectivity index (χ4v) is 2.25. The standard InChI is InChI=1S/C15H12N2O/c16-15(18)14-9-17-8-13(14)12-7-3-5-10-4-1-2-6-11(10)12/h1-9,17H,(H2,16,18). The maximum atomic E-state index is 11.4. The van der Waals surface area contributed by atoms with Crippen LogP contribution in [0.3, 0.4) is 0 Å². The topological polar surface area (TPSA) is 58.9 Å². The van der Waals surface area contributed by atoms with Gasteiger partial charge in [0.25, 0.3) is 5.91 Å². The molecule has 0 radical (unpaired) electrons. The predicted molar refractivity (Wildman–Crippen MR) is 72.3 cm³/mol. The highest BCUT2D eigenvalue weighted by molar-refractivity contribution is 6.05. The summed E-state index contributed by atoms with van der Waals surface area (Å²) in [6.45, 7) is 0. The maximum absolute atomic E-state index is 11.4. The van der Waals surface area contributed by atoms with Crippen molar-refractivity contribution >= 4 is 16.7 Å². The van der Waals surface area contributed by atoms with Crippen LogP contribution in [0.15, 0.2) is 54.9 Å². The number of nitrogens with one attached hydrogen (secondary N) is 1. The van der Waals surface area contributed by atoms with Gasteiger partial charge in [-0.05, 0) is 16.3 Å². The van der Waals surface area contributed by atoms with E-state index >= 15 is 0 Å². The first kappa shape index (κ1) is 10.6. The molecule has 1 heterocycles. The van der Waals surface area contributed by atoms with Crippen LogP contribution in [0.4, 0.5) is 0 Å². The number of hydrogen-bond acceptors (Lipinski definition) is 1. The molecule has 3 rings (SSSR count). The number of benzene rings is 2. The van der Waals surface area contributed by atoms with Crippen molar-refractivity contribution in [2.75, 3.05) is 0 Å². The Morgan fingerprint density at radius 3 is 2.56 bits per heavy atom. The molecule has 0 aliphatic rings. The van der Waals surface area contributed by atoms with E-state index in [1.54, 1.807) is 6.20 Å². The first-order chi connectivity index (χ1) is 8.77. The summed E-state index contributed by atoms with van der Waals surface area (Å²) in [4.78, 5) is 14.3. The molecule has 0 aliphatic heterocycles. The van der Waals surface area contributed by atoms with Crippen LogP contribution in [-0.4, -0.2) is 10.9 Å². The molecule has 0 fully saturated rings. The molecular formula is C15H12N2O. The Balaban J connectivity index is 2.32. The number of aromatic amines is 1. The average Bonchev–Trinajstić information content (AvgIpc) is 2.87. The number of aromatic nitrogens is 1. The minimum Gasteiger partial charge on any atom is -0.366 e. The van der Waals surface area contributed by atoms with Crippen LogP contribution in [0, 0.1) is 0 Å². The van der Waals surface area contributed by atoms with Gasteiger partial charge in [0.2, 0.25) is 0 Å². The van der Waals surface area contributed by atoms with Crippen LogP contribution in [0.2, 0.25) is 0 Å². The van der Waals surface area contributed by atoms with Crippen molar-refractivity contribution in [2.45, 2.75) is 0 Å². The second-order valence-electron chi connectivity index (χ2n) is 4.17. The number of nitrogens with two attached hydrogens (primary N) is 1. The molecule has 3 nitrogen and oxygen atoms in total. The fraction of sp³-hybridized carbons (Fsp3) is 0. The number of fused-ring (bicyclic) bond motifs is 1.